The van der Waals surface area contributed by atoms with Gasteiger partial charge in [-0.05, 0) is 23.8 Å². The summed E-state index contributed by atoms with van der Waals surface area (Å²) in [6.45, 7) is -1.96. The van der Waals surface area contributed by atoms with Crippen LogP contribution in [0.2, 0.25) is 0 Å². The van der Waals surface area contributed by atoms with E-state index in [0.29, 0.717) is 17.3 Å². The zero-order valence-electron chi connectivity index (χ0n) is 25.0. The van der Waals surface area contributed by atoms with Gasteiger partial charge in [0.1, 0.15) is 6.61 Å². The van der Waals surface area contributed by atoms with Crippen molar-refractivity contribution in [3.63, 3.8) is 0 Å². The molecule has 0 spiro atoms. The number of rotatable bonds is 19. The largest absolute Gasteiger partial charge is 0.476 e. The van der Waals surface area contributed by atoms with Crippen LogP contribution in [0.5, 0.6) is 5.88 Å². The van der Waals surface area contributed by atoms with Crippen LogP contribution in [0.1, 0.15) is 5.56 Å². The summed E-state index contributed by atoms with van der Waals surface area (Å²) >= 11 is 0. The van der Waals surface area contributed by atoms with Gasteiger partial charge >= 0.3 is 0 Å². The van der Waals surface area contributed by atoms with Crippen LogP contribution in [-0.2, 0) is 25.7 Å². The molecule has 4 amide bonds. The second-order valence-electron chi connectivity index (χ2n) is 9.94. The predicted octanol–water partition coefficient (Wildman–Crippen LogP) is -0.732. The summed E-state index contributed by atoms with van der Waals surface area (Å²) in [4.78, 5) is 63.0. The Hall–Kier alpha value is -4.92. The number of amides is 4. The normalized spacial score (nSPS) is 10.7. The van der Waals surface area contributed by atoms with Gasteiger partial charge in [0.15, 0.2) is 0 Å². The van der Waals surface area contributed by atoms with Gasteiger partial charge in [-0.25, -0.2) is 4.98 Å². The van der Waals surface area contributed by atoms with E-state index in [9.17, 15) is 29.4 Å². The van der Waals surface area contributed by atoms with Crippen LogP contribution in [0.15, 0.2) is 72.9 Å². The molecule has 0 unspecified atom stereocenters. The van der Waals surface area contributed by atoms with Crippen molar-refractivity contribution in [2.24, 2.45) is 5.73 Å². The van der Waals surface area contributed by atoms with Gasteiger partial charge in [0, 0.05) is 38.4 Å². The molecule has 240 valence electrons. The summed E-state index contributed by atoms with van der Waals surface area (Å²) in [7, 11) is 0. The van der Waals surface area contributed by atoms with Gasteiger partial charge in [0.05, 0.1) is 50.8 Å². The van der Waals surface area contributed by atoms with Crippen molar-refractivity contribution in [2.45, 2.75) is 6.54 Å². The smallest absolute Gasteiger partial charge is 0.242 e. The van der Waals surface area contributed by atoms with Gasteiger partial charge in [0.2, 0.25) is 29.5 Å². The third-order valence-electron chi connectivity index (χ3n) is 6.48. The van der Waals surface area contributed by atoms with E-state index in [4.69, 9.17) is 10.5 Å². The van der Waals surface area contributed by atoms with Gasteiger partial charge in [-0.1, -0.05) is 42.5 Å². The number of hydrogen-bond donors (Lipinski definition) is 4. The lowest BCUT2D eigenvalue weighted by molar-refractivity contribution is -0.143. The first-order valence-electron chi connectivity index (χ1n) is 14.4. The molecular weight excluding hydrogens is 582 g/mol. The first kappa shape index (κ1) is 34.6. The highest BCUT2D eigenvalue weighted by atomic mass is 16.5. The van der Waals surface area contributed by atoms with Crippen molar-refractivity contribution < 1.29 is 34.1 Å². The number of carbonyl (C=O) groups excluding carboxylic acids is 4. The van der Waals surface area contributed by atoms with Crippen molar-refractivity contribution in [3.05, 3.63) is 78.5 Å². The summed E-state index contributed by atoms with van der Waals surface area (Å²) in [6, 6.07) is 19.9. The van der Waals surface area contributed by atoms with E-state index in [1.807, 2.05) is 42.5 Å². The predicted molar refractivity (Wildman–Crippen MR) is 164 cm³/mol. The number of aliphatic hydroxyl groups excluding tert-OH is 2. The maximum atomic E-state index is 13.2. The van der Waals surface area contributed by atoms with Crippen LogP contribution < -0.4 is 15.8 Å². The Labute approximate surface area is 261 Å². The lowest BCUT2D eigenvalue weighted by atomic mass is 10.2. The molecular formula is C31H39N7O7. The fourth-order valence-electron chi connectivity index (χ4n) is 4.27. The molecule has 5 N–H and O–H groups in total. The zero-order valence-corrected chi connectivity index (χ0v) is 25.0. The number of primary amides is 1. The Balaban J connectivity index is 1.57. The second-order valence-corrected chi connectivity index (χ2v) is 9.94. The minimum absolute atomic E-state index is 0.0700. The molecule has 14 heteroatoms. The molecule has 0 saturated heterocycles. The minimum atomic E-state index is -0.668. The molecule has 14 nitrogen and oxygen atoms in total. The van der Waals surface area contributed by atoms with Crippen molar-refractivity contribution in [1.82, 2.24) is 30.0 Å². The molecule has 45 heavy (non-hydrogen) atoms. The summed E-state index contributed by atoms with van der Waals surface area (Å²) in [5, 5.41) is 21.8. The Bertz CT molecular complexity index is 1380. The van der Waals surface area contributed by atoms with Crippen molar-refractivity contribution in [2.75, 3.05) is 65.6 Å². The Kier molecular flexibility index (Phi) is 14.3. The molecule has 0 saturated carbocycles. The fourth-order valence-corrected chi connectivity index (χ4v) is 4.27. The van der Waals surface area contributed by atoms with Crippen LogP contribution in [-0.4, -0.2) is 124 Å². The highest BCUT2D eigenvalue weighted by molar-refractivity contribution is 5.89. The van der Waals surface area contributed by atoms with Crippen molar-refractivity contribution in [3.8, 4) is 17.3 Å². The molecule has 0 fully saturated rings. The molecule has 0 bridgehead atoms. The summed E-state index contributed by atoms with van der Waals surface area (Å²) < 4.78 is 5.76. The van der Waals surface area contributed by atoms with Gasteiger partial charge in [-0.3, -0.25) is 29.1 Å². The van der Waals surface area contributed by atoms with Crippen LogP contribution in [0, 0.1) is 0 Å². The van der Waals surface area contributed by atoms with E-state index in [0.717, 1.165) is 15.4 Å². The lowest BCUT2D eigenvalue weighted by Crippen LogP contribution is -2.50. The number of ether oxygens (including phenoxy) is 1. The molecule has 1 aromatic carbocycles. The molecule has 0 radical (unpaired) electrons. The SMILES string of the molecule is NC(=O)CN(CCOc1cccc(-c2ccccn2)n1)CC(=O)N(CCO)CC(=O)N(CCO)CC(=O)NCc1ccccc1. The number of benzene rings is 1. The lowest BCUT2D eigenvalue weighted by Gasteiger charge is -2.28. The van der Waals surface area contributed by atoms with Crippen molar-refractivity contribution >= 4 is 23.6 Å². The number of pyridine rings is 2. The summed E-state index contributed by atoms with van der Waals surface area (Å²) in [5.41, 5.74) is 7.58. The maximum Gasteiger partial charge on any atom is 0.242 e. The third kappa shape index (κ3) is 12.3. The van der Waals surface area contributed by atoms with Crippen LogP contribution in [0.25, 0.3) is 11.4 Å². The highest BCUT2D eigenvalue weighted by Gasteiger charge is 2.24. The van der Waals surface area contributed by atoms with E-state index in [-0.39, 0.29) is 52.4 Å². The Morgan fingerprint density at radius 2 is 1.42 bits per heavy atom. The standard InChI is InChI=1S/C31H39N7O7/c32-27(41)20-36(15-18-45-29-11-6-10-26(35-29)25-9-4-5-12-33-25)22-30(43)38(14-17-40)23-31(44)37(13-16-39)21-28(42)34-19-24-7-2-1-3-8-24/h1-12,39-40H,13-23H2,(H2,32,41)(H,34,42). The number of aliphatic hydroxyl groups is 2. The first-order chi connectivity index (χ1) is 21.8. The molecule has 0 atom stereocenters. The van der Waals surface area contributed by atoms with Crippen LogP contribution in [0.4, 0.5) is 0 Å². The summed E-state index contributed by atoms with van der Waals surface area (Å²) in [6.07, 6.45) is 1.66. The number of aromatic nitrogens is 2. The molecule has 3 aromatic rings. The molecule has 0 aliphatic heterocycles. The third-order valence-corrected chi connectivity index (χ3v) is 6.48. The summed E-state index contributed by atoms with van der Waals surface area (Å²) in [5.74, 6) is -1.92. The van der Waals surface area contributed by atoms with E-state index < -0.39 is 43.4 Å². The Morgan fingerprint density at radius 1 is 0.756 bits per heavy atom. The van der Waals surface area contributed by atoms with E-state index >= 15 is 0 Å². The minimum Gasteiger partial charge on any atom is -0.476 e. The average Bonchev–Trinajstić information content (AvgIpc) is 3.04. The molecule has 2 aromatic heterocycles. The first-order valence-corrected chi connectivity index (χ1v) is 14.4. The Morgan fingerprint density at radius 3 is 2.09 bits per heavy atom. The van der Waals surface area contributed by atoms with Crippen molar-refractivity contribution in [1.29, 1.82) is 0 Å². The average molecular weight is 622 g/mol. The zero-order chi connectivity index (χ0) is 32.4. The van der Waals surface area contributed by atoms with E-state index in [2.05, 4.69) is 15.3 Å². The van der Waals surface area contributed by atoms with Gasteiger partial charge in [-0.2, -0.15) is 0 Å². The number of carbonyl (C=O) groups is 4. The second kappa shape index (κ2) is 18.7. The van der Waals surface area contributed by atoms with Crippen LogP contribution in [0.3, 0.4) is 0 Å². The van der Waals surface area contributed by atoms with Crippen LogP contribution >= 0.6 is 0 Å². The van der Waals surface area contributed by atoms with Gasteiger partial charge in [-0.15, -0.1) is 0 Å². The number of nitrogens with two attached hydrogens (primary N) is 1. The molecule has 3 rings (SSSR count). The highest BCUT2D eigenvalue weighted by Crippen LogP contribution is 2.17. The molecule has 0 aliphatic rings. The quantitative estimate of drug-likeness (QED) is 0.133. The van der Waals surface area contributed by atoms with Gasteiger partial charge < -0.3 is 35.8 Å². The van der Waals surface area contributed by atoms with Gasteiger partial charge in [0.25, 0.3) is 0 Å². The molecule has 0 aliphatic carbocycles. The molecule has 2 heterocycles. The maximum absolute atomic E-state index is 13.2. The monoisotopic (exact) mass is 621 g/mol. The number of nitrogens with one attached hydrogen (secondary N) is 1. The number of nitrogens with zero attached hydrogens (tertiary/aromatic N) is 5. The number of hydrogen-bond acceptors (Lipinski definition) is 10. The fraction of sp³-hybridized carbons (Fsp3) is 0.355. The van der Waals surface area contributed by atoms with E-state index in [1.54, 1.807) is 30.5 Å². The topological polar surface area (TPSA) is 192 Å². The van der Waals surface area contributed by atoms with E-state index in [1.165, 1.54) is 4.90 Å².